The van der Waals surface area contributed by atoms with E-state index in [2.05, 4.69) is 5.32 Å². The van der Waals surface area contributed by atoms with Crippen molar-refractivity contribution in [3.8, 4) is 5.75 Å². The first-order valence-corrected chi connectivity index (χ1v) is 8.39. The van der Waals surface area contributed by atoms with Gasteiger partial charge in [-0.3, -0.25) is 4.79 Å². The van der Waals surface area contributed by atoms with Crippen LogP contribution in [0.2, 0.25) is 0 Å². The predicted molar refractivity (Wildman–Crippen MR) is 86.5 cm³/mol. The van der Waals surface area contributed by atoms with E-state index in [1.807, 2.05) is 38.1 Å². The third kappa shape index (κ3) is 2.84. The molecule has 5 unspecified atom stereocenters. The van der Waals surface area contributed by atoms with Gasteiger partial charge in [0.1, 0.15) is 5.75 Å². The Bertz CT molecular complexity index is 544. The van der Waals surface area contributed by atoms with E-state index in [1.54, 1.807) is 0 Å². The second-order valence-electron chi connectivity index (χ2n) is 6.67. The number of fused-ring (bicyclic) bond motifs is 2. The Hall–Kier alpha value is -1.55. The molecule has 2 bridgehead atoms. The van der Waals surface area contributed by atoms with Gasteiger partial charge in [-0.15, -0.1) is 0 Å². The summed E-state index contributed by atoms with van der Waals surface area (Å²) in [6, 6.07) is 7.93. The van der Waals surface area contributed by atoms with Crippen molar-refractivity contribution in [3.63, 3.8) is 0 Å². The lowest BCUT2D eigenvalue weighted by Gasteiger charge is -2.28. The lowest BCUT2D eigenvalue weighted by Crippen LogP contribution is -2.45. The van der Waals surface area contributed by atoms with E-state index in [0.717, 1.165) is 24.2 Å². The first kappa shape index (κ1) is 15.3. The van der Waals surface area contributed by atoms with Crippen LogP contribution in [0.5, 0.6) is 5.75 Å². The minimum Gasteiger partial charge on any atom is -0.494 e. The highest BCUT2D eigenvalue weighted by molar-refractivity contribution is 5.80. The van der Waals surface area contributed by atoms with Crippen LogP contribution in [-0.4, -0.2) is 18.6 Å². The van der Waals surface area contributed by atoms with Gasteiger partial charge in [0.15, 0.2) is 0 Å². The topological polar surface area (TPSA) is 64.3 Å². The van der Waals surface area contributed by atoms with E-state index in [4.69, 9.17) is 10.5 Å². The van der Waals surface area contributed by atoms with Crippen molar-refractivity contribution < 1.29 is 9.53 Å². The zero-order valence-corrected chi connectivity index (χ0v) is 13.4. The molecule has 0 aromatic heterocycles. The number of rotatable bonds is 5. The van der Waals surface area contributed by atoms with E-state index < -0.39 is 0 Å². The first-order chi connectivity index (χ1) is 10.6. The van der Waals surface area contributed by atoms with Gasteiger partial charge in [-0.1, -0.05) is 12.1 Å². The molecule has 1 aromatic rings. The summed E-state index contributed by atoms with van der Waals surface area (Å²) in [5, 5.41) is 3.15. The number of hydrogen-bond donors (Lipinski definition) is 2. The lowest BCUT2D eigenvalue weighted by molar-refractivity contribution is -0.127. The normalized spacial score (nSPS) is 31.0. The minimum atomic E-state index is -0.0285. The number of ether oxygens (including phenoxy) is 1. The summed E-state index contributed by atoms with van der Waals surface area (Å²) in [6.07, 6.45) is 3.49. The van der Waals surface area contributed by atoms with Gasteiger partial charge in [0.2, 0.25) is 5.91 Å². The van der Waals surface area contributed by atoms with Crippen LogP contribution in [0.1, 0.15) is 44.7 Å². The van der Waals surface area contributed by atoms with Gasteiger partial charge in [0.25, 0.3) is 0 Å². The van der Waals surface area contributed by atoms with Crippen LogP contribution in [0, 0.1) is 17.8 Å². The summed E-state index contributed by atoms with van der Waals surface area (Å²) in [7, 11) is 0. The van der Waals surface area contributed by atoms with Gasteiger partial charge in [-0.2, -0.15) is 0 Å². The molecule has 120 valence electrons. The number of nitrogens with one attached hydrogen (secondary N) is 1. The van der Waals surface area contributed by atoms with E-state index >= 15 is 0 Å². The van der Waals surface area contributed by atoms with Gasteiger partial charge in [0, 0.05) is 6.04 Å². The molecule has 0 radical (unpaired) electrons. The first-order valence-electron chi connectivity index (χ1n) is 8.39. The van der Waals surface area contributed by atoms with Gasteiger partial charge < -0.3 is 15.8 Å². The molecule has 2 aliphatic rings. The van der Waals surface area contributed by atoms with Crippen LogP contribution in [0.3, 0.4) is 0 Å². The lowest BCUT2D eigenvalue weighted by atomic mass is 9.84. The summed E-state index contributed by atoms with van der Waals surface area (Å²) >= 11 is 0. The van der Waals surface area contributed by atoms with Crippen LogP contribution in [-0.2, 0) is 4.79 Å². The standard InChI is InChI=1S/C18H26N2O2/c1-3-22-15-6-4-5-12(10-15)11(2)20-18(21)16-13-7-8-14(9-13)17(16)19/h4-6,10-11,13-14,16-17H,3,7-9,19H2,1-2H3,(H,20,21). The number of benzene rings is 1. The van der Waals surface area contributed by atoms with Crippen molar-refractivity contribution in [1.29, 1.82) is 0 Å². The highest BCUT2D eigenvalue weighted by atomic mass is 16.5. The van der Waals surface area contributed by atoms with E-state index in [1.165, 1.54) is 6.42 Å². The molecule has 0 heterocycles. The van der Waals surface area contributed by atoms with Crippen molar-refractivity contribution in [2.24, 2.45) is 23.5 Å². The maximum absolute atomic E-state index is 12.6. The van der Waals surface area contributed by atoms with Crippen molar-refractivity contribution in [2.45, 2.75) is 45.2 Å². The smallest absolute Gasteiger partial charge is 0.225 e. The van der Waals surface area contributed by atoms with Gasteiger partial charge in [-0.25, -0.2) is 0 Å². The molecule has 0 aliphatic heterocycles. The average Bonchev–Trinajstić information content (AvgIpc) is 3.08. The predicted octanol–water partition coefficient (Wildman–Crippen LogP) is 2.64. The van der Waals surface area contributed by atoms with E-state index in [9.17, 15) is 4.79 Å². The maximum Gasteiger partial charge on any atom is 0.225 e. The Kier molecular flexibility index (Phi) is 4.39. The van der Waals surface area contributed by atoms with E-state index in [-0.39, 0.29) is 23.9 Å². The Morgan fingerprint density at radius 2 is 2.18 bits per heavy atom. The third-order valence-electron chi connectivity index (χ3n) is 5.31. The quantitative estimate of drug-likeness (QED) is 0.879. The molecule has 3 N–H and O–H groups in total. The number of carbonyl (C=O) groups excluding carboxylic acids is 1. The summed E-state index contributed by atoms with van der Waals surface area (Å²) in [6.45, 7) is 4.63. The molecule has 0 saturated heterocycles. The number of hydrogen-bond acceptors (Lipinski definition) is 3. The summed E-state index contributed by atoms with van der Waals surface area (Å²) in [5.41, 5.74) is 7.33. The Morgan fingerprint density at radius 1 is 1.41 bits per heavy atom. The summed E-state index contributed by atoms with van der Waals surface area (Å²) in [4.78, 5) is 12.6. The molecule has 2 saturated carbocycles. The molecular weight excluding hydrogens is 276 g/mol. The molecule has 2 aliphatic carbocycles. The molecule has 1 amide bonds. The molecule has 1 aromatic carbocycles. The minimum absolute atomic E-state index is 0.00345. The molecule has 22 heavy (non-hydrogen) atoms. The Balaban J connectivity index is 1.65. The summed E-state index contributed by atoms with van der Waals surface area (Å²) < 4.78 is 5.53. The van der Waals surface area contributed by atoms with Crippen molar-refractivity contribution in [1.82, 2.24) is 5.32 Å². The van der Waals surface area contributed by atoms with Crippen LogP contribution in [0.15, 0.2) is 24.3 Å². The molecule has 2 fully saturated rings. The van der Waals surface area contributed by atoms with Gasteiger partial charge >= 0.3 is 0 Å². The second kappa shape index (κ2) is 6.29. The molecule has 3 rings (SSSR count). The van der Waals surface area contributed by atoms with Crippen LogP contribution < -0.4 is 15.8 Å². The monoisotopic (exact) mass is 302 g/mol. The third-order valence-corrected chi connectivity index (χ3v) is 5.31. The Labute approximate surface area is 132 Å². The van der Waals surface area contributed by atoms with Gasteiger partial charge in [0.05, 0.1) is 18.6 Å². The maximum atomic E-state index is 12.6. The zero-order chi connectivity index (χ0) is 15.7. The van der Waals surface area contributed by atoms with Crippen molar-refractivity contribution in [3.05, 3.63) is 29.8 Å². The highest BCUT2D eigenvalue weighted by Gasteiger charge is 2.49. The van der Waals surface area contributed by atoms with Crippen molar-refractivity contribution in [2.75, 3.05) is 6.61 Å². The molecule has 4 nitrogen and oxygen atoms in total. The van der Waals surface area contributed by atoms with Crippen LogP contribution in [0.4, 0.5) is 0 Å². The number of nitrogens with two attached hydrogens (primary N) is 1. The fourth-order valence-electron chi connectivity index (χ4n) is 4.16. The highest BCUT2D eigenvalue weighted by Crippen LogP contribution is 2.47. The average molecular weight is 302 g/mol. The number of amides is 1. The van der Waals surface area contributed by atoms with Crippen LogP contribution >= 0.6 is 0 Å². The zero-order valence-electron chi connectivity index (χ0n) is 13.4. The molecule has 5 atom stereocenters. The van der Waals surface area contributed by atoms with Crippen molar-refractivity contribution >= 4 is 5.91 Å². The molecule has 0 spiro atoms. The largest absolute Gasteiger partial charge is 0.494 e. The SMILES string of the molecule is CCOc1cccc(C(C)NC(=O)C2C3CCC(C3)C2N)c1. The number of carbonyl (C=O) groups is 1. The molecule has 4 heteroatoms. The second-order valence-corrected chi connectivity index (χ2v) is 6.67. The fraction of sp³-hybridized carbons (Fsp3) is 0.611. The van der Waals surface area contributed by atoms with Gasteiger partial charge in [-0.05, 0) is 62.6 Å². The Morgan fingerprint density at radius 3 is 2.86 bits per heavy atom. The fourth-order valence-corrected chi connectivity index (χ4v) is 4.16. The summed E-state index contributed by atoms with van der Waals surface area (Å²) in [5.74, 6) is 2.00. The van der Waals surface area contributed by atoms with Crippen LogP contribution in [0.25, 0.3) is 0 Å². The molecular formula is C18H26N2O2. The van der Waals surface area contributed by atoms with E-state index in [0.29, 0.717) is 18.4 Å².